The maximum absolute atomic E-state index is 16.1. The van der Waals surface area contributed by atoms with Crippen LogP contribution in [0.25, 0.3) is 55.8 Å². The second-order valence-corrected chi connectivity index (χ2v) is 9.47. The minimum Gasteiger partial charge on any atom is -0.472 e. The largest absolute Gasteiger partial charge is 0.472 e. The molecule has 0 radical (unpaired) electrons. The van der Waals surface area contributed by atoms with Gasteiger partial charge in [0.2, 0.25) is 0 Å². The standard InChI is InChI=1S/C27H20F3N7O/c28-22-18(17-9-15(10-31-11-17)12-37-7-5-27(29,30)14-37)1-2-19-21(22)25(36-35-19)26-33-20-3-6-32-23(24(20)34-26)16-4-8-38-13-16/h1-4,6,8-11,13H,5,7,12,14H2,(H,33,34)(H,35,36). The zero-order valence-electron chi connectivity index (χ0n) is 19.9. The van der Waals surface area contributed by atoms with Crippen molar-refractivity contribution in [2.24, 2.45) is 0 Å². The van der Waals surface area contributed by atoms with Crippen molar-refractivity contribution < 1.29 is 17.6 Å². The van der Waals surface area contributed by atoms with Crippen LogP contribution in [0.3, 0.4) is 0 Å². The molecule has 2 N–H and O–H groups in total. The first-order valence-corrected chi connectivity index (χ1v) is 12.0. The van der Waals surface area contributed by atoms with Crippen LogP contribution in [0, 0.1) is 5.82 Å². The van der Waals surface area contributed by atoms with Crippen molar-refractivity contribution in [1.82, 2.24) is 35.0 Å². The van der Waals surface area contributed by atoms with E-state index in [1.54, 1.807) is 66.3 Å². The number of halogens is 3. The van der Waals surface area contributed by atoms with Crippen molar-refractivity contribution >= 4 is 21.9 Å². The number of H-pyrrole nitrogens is 2. The summed E-state index contributed by atoms with van der Waals surface area (Å²) in [6, 6.07) is 8.78. The van der Waals surface area contributed by atoms with Gasteiger partial charge in [-0.2, -0.15) is 5.10 Å². The fourth-order valence-corrected chi connectivity index (χ4v) is 5.05. The van der Waals surface area contributed by atoms with Gasteiger partial charge in [0.1, 0.15) is 22.7 Å². The van der Waals surface area contributed by atoms with Crippen LogP contribution in [0.2, 0.25) is 0 Å². The van der Waals surface area contributed by atoms with E-state index < -0.39 is 11.7 Å². The molecule has 0 atom stereocenters. The molecule has 0 amide bonds. The first-order chi connectivity index (χ1) is 18.4. The van der Waals surface area contributed by atoms with E-state index in [1.807, 2.05) is 0 Å². The van der Waals surface area contributed by atoms with Crippen LogP contribution < -0.4 is 0 Å². The molecule has 7 rings (SSSR count). The number of nitrogens with one attached hydrogen (secondary N) is 2. The van der Waals surface area contributed by atoms with Gasteiger partial charge in [0.15, 0.2) is 5.82 Å². The van der Waals surface area contributed by atoms with E-state index in [4.69, 9.17) is 9.40 Å². The SMILES string of the molecule is Fc1c(-c2cncc(CN3CCC(F)(F)C3)c2)ccc2[nH]nc(-c3nc4c(-c5ccoc5)nccc4[nH]3)c12. The predicted octanol–water partition coefficient (Wildman–Crippen LogP) is 5.80. The Labute approximate surface area is 213 Å². The second-order valence-electron chi connectivity index (χ2n) is 9.47. The first-order valence-electron chi connectivity index (χ1n) is 12.0. The number of hydrogen-bond acceptors (Lipinski definition) is 6. The summed E-state index contributed by atoms with van der Waals surface area (Å²) in [5.74, 6) is -2.76. The Kier molecular flexibility index (Phi) is 5.08. The summed E-state index contributed by atoms with van der Waals surface area (Å²) in [5.41, 5.74) is 5.22. The molecular formula is C27H20F3N7O. The second kappa shape index (κ2) is 8.52. The minimum atomic E-state index is -2.67. The maximum atomic E-state index is 16.1. The molecule has 1 aliphatic heterocycles. The van der Waals surface area contributed by atoms with Gasteiger partial charge >= 0.3 is 0 Å². The summed E-state index contributed by atoms with van der Waals surface area (Å²) in [6.45, 7) is 0.347. The highest BCUT2D eigenvalue weighted by Crippen LogP contribution is 2.35. The zero-order valence-corrected chi connectivity index (χ0v) is 19.9. The highest BCUT2D eigenvalue weighted by Gasteiger charge is 2.38. The third kappa shape index (κ3) is 3.82. The van der Waals surface area contributed by atoms with Crippen molar-refractivity contribution in [1.29, 1.82) is 0 Å². The molecule has 0 aliphatic carbocycles. The van der Waals surface area contributed by atoms with Gasteiger partial charge in [0, 0.05) is 54.8 Å². The molecule has 190 valence electrons. The predicted molar refractivity (Wildman–Crippen MR) is 135 cm³/mol. The van der Waals surface area contributed by atoms with Crippen LogP contribution in [0.5, 0.6) is 0 Å². The third-order valence-corrected chi connectivity index (χ3v) is 6.85. The van der Waals surface area contributed by atoms with Gasteiger partial charge in [-0.05, 0) is 35.9 Å². The summed E-state index contributed by atoms with van der Waals surface area (Å²) in [7, 11) is 0. The topological polar surface area (TPSA) is 99.5 Å². The fraction of sp³-hybridized carbons (Fsp3) is 0.185. The van der Waals surface area contributed by atoms with E-state index in [1.165, 1.54) is 0 Å². The maximum Gasteiger partial charge on any atom is 0.261 e. The highest BCUT2D eigenvalue weighted by atomic mass is 19.3. The van der Waals surface area contributed by atoms with Crippen molar-refractivity contribution in [2.45, 2.75) is 18.9 Å². The Morgan fingerprint density at radius 1 is 1.05 bits per heavy atom. The molecule has 1 aliphatic rings. The number of aromatic amines is 2. The van der Waals surface area contributed by atoms with Gasteiger partial charge in [0.25, 0.3) is 5.92 Å². The molecule has 0 spiro atoms. The molecule has 1 fully saturated rings. The summed E-state index contributed by atoms with van der Waals surface area (Å²) in [4.78, 5) is 18.3. The van der Waals surface area contributed by atoms with E-state index >= 15 is 4.39 Å². The van der Waals surface area contributed by atoms with E-state index in [0.29, 0.717) is 52.5 Å². The number of rotatable bonds is 5. The van der Waals surface area contributed by atoms with Crippen LogP contribution in [0.15, 0.2) is 65.9 Å². The summed E-state index contributed by atoms with van der Waals surface area (Å²) >= 11 is 0. The number of benzene rings is 1. The van der Waals surface area contributed by atoms with Crippen LogP contribution in [-0.2, 0) is 6.54 Å². The van der Waals surface area contributed by atoms with Gasteiger partial charge in [-0.25, -0.2) is 18.2 Å². The lowest BCUT2D eigenvalue weighted by atomic mass is 10.0. The molecule has 0 bridgehead atoms. The van der Waals surface area contributed by atoms with Crippen molar-refractivity contribution in [3.63, 3.8) is 0 Å². The molecule has 38 heavy (non-hydrogen) atoms. The number of imidazole rings is 1. The first kappa shape index (κ1) is 22.7. The molecule has 1 aromatic carbocycles. The Morgan fingerprint density at radius 3 is 2.79 bits per heavy atom. The number of hydrogen-bond donors (Lipinski definition) is 2. The lowest BCUT2D eigenvalue weighted by Gasteiger charge is -2.16. The molecule has 11 heteroatoms. The normalized spacial score (nSPS) is 15.7. The van der Waals surface area contributed by atoms with E-state index in [0.717, 1.165) is 16.6 Å². The number of pyridine rings is 2. The fourth-order valence-electron chi connectivity index (χ4n) is 5.05. The van der Waals surface area contributed by atoms with E-state index in [-0.39, 0.29) is 18.4 Å². The van der Waals surface area contributed by atoms with Gasteiger partial charge in [0.05, 0.1) is 35.5 Å². The average molecular weight is 515 g/mol. The average Bonchev–Trinajstić information content (AvgIpc) is 3.70. The van der Waals surface area contributed by atoms with E-state index in [2.05, 4.69) is 25.1 Å². The lowest BCUT2D eigenvalue weighted by Crippen LogP contribution is -2.24. The summed E-state index contributed by atoms with van der Waals surface area (Å²) < 4.78 is 48.5. The smallest absolute Gasteiger partial charge is 0.261 e. The number of likely N-dealkylation sites (tertiary alicyclic amines) is 1. The van der Waals surface area contributed by atoms with Crippen LogP contribution >= 0.6 is 0 Å². The monoisotopic (exact) mass is 515 g/mol. The van der Waals surface area contributed by atoms with Gasteiger partial charge in [-0.15, -0.1) is 0 Å². The van der Waals surface area contributed by atoms with Gasteiger partial charge in [-0.3, -0.25) is 20.0 Å². The Bertz CT molecular complexity index is 1790. The molecule has 0 unspecified atom stereocenters. The Balaban J connectivity index is 1.28. The summed E-state index contributed by atoms with van der Waals surface area (Å²) in [6.07, 6.45) is 7.85. The number of aromatic nitrogens is 6. The molecule has 5 aromatic heterocycles. The van der Waals surface area contributed by atoms with Crippen LogP contribution in [-0.4, -0.2) is 54.0 Å². The minimum absolute atomic E-state index is 0.157. The molecular weight excluding hydrogens is 495 g/mol. The zero-order chi connectivity index (χ0) is 25.9. The quantitative estimate of drug-likeness (QED) is 0.301. The molecule has 6 aromatic rings. The van der Waals surface area contributed by atoms with Crippen molar-refractivity contribution in [2.75, 3.05) is 13.1 Å². The molecule has 6 heterocycles. The number of alkyl halides is 2. The number of fused-ring (bicyclic) bond motifs is 2. The highest BCUT2D eigenvalue weighted by molar-refractivity contribution is 5.98. The summed E-state index contributed by atoms with van der Waals surface area (Å²) in [5, 5.41) is 7.52. The Hall–Kier alpha value is -4.51. The van der Waals surface area contributed by atoms with Crippen molar-refractivity contribution in [3.05, 3.63) is 72.8 Å². The molecule has 0 saturated carbocycles. The molecule has 8 nitrogen and oxygen atoms in total. The number of nitrogens with zero attached hydrogens (tertiary/aromatic N) is 5. The van der Waals surface area contributed by atoms with Crippen LogP contribution in [0.4, 0.5) is 13.2 Å². The van der Waals surface area contributed by atoms with Crippen molar-refractivity contribution in [3.8, 4) is 33.9 Å². The molecule has 1 saturated heterocycles. The van der Waals surface area contributed by atoms with E-state index in [9.17, 15) is 8.78 Å². The Morgan fingerprint density at radius 2 is 1.97 bits per heavy atom. The van der Waals surface area contributed by atoms with Crippen LogP contribution in [0.1, 0.15) is 12.0 Å². The lowest BCUT2D eigenvalue weighted by molar-refractivity contribution is 0.0115. The number of furan rings is 1. The third-order valence-electron chi connectivity index (χ3n) is 6.85. The van der Waals surface area contributed by atoms with Gasteiger partial charge in [-0.1, -0.05) is 0 Å². The van der Waals surface area contributed by atoms with Gasteiger partial charge < -0.3 is 9.40 Å².